The van der Waals surface area contributed by atoms with Crippen molar-refractivity contribution in [3.8, 4) is 0 Å². The van der Waals surface area contributed by atoms with Crippen molar-refractivity contribution in [3.05, 3.63) is 80.7 Å². The molecule has 6 heteroatoms. The third kappa shape index (κ3) is 4.33. The number of benzene rings is 2. The number of anilines is 1. The average molecular weight is 406 g/mol. The van der Waals surface area contributed by atoms with Gasteiger partial charge < -0.3 is 0 Å². The van der Waals surface area contributed by atoms with Crippen LogP contribution in [0.3, 0.4) is 0 Å². The Labute approximate surface area is 166 Å². The lowest BCUT2D eigenvalue weighted by atomic mass is 10.1. The maximum absolute atomic E-state index is 12.8. The second kappa shape index (κ2) is 7.75. The van der Waals surface area contributed by atoms with E-state index in [2.05, 4.69) is 0 Å². The summed E-state index contributed by atoms with van der Waals surface area (Å²) < 4.78 is 0.460. The maximum Gasteiger partial charge on any atom is 0.270 e. The maximum atomic E-state index is 12.8. The smallest absolute Gasteiger partial charge is 0.268 e. The summed E-state index contributed by atoms with van der Waals surface area (Å²) in [5.41, 5.74) is 2.62. The van der Waals surface area contributed by atoms with Crippen LogP contribution in [0.5, 0.6) is 0 Å². The van der Waals surface area contributed by atoms with Crippen molar-refractivity contribution in [2.75, 3.05) is 4.90 Å². The van der Waals surface area contributed by atoms with Crippen molar-refractivity contribution in [1.82, 2.24) is 0 Å². The highest BCUT2D eigenvalue weighted by molar-refractivity contribution is 8.27. The summed E-state index contributed by atoms with van der Waals surface area (Å²) in [6.45, 7) is 1.95. The lowest BCUT2D eigenvalue weighted by Crippen LogP contribution is -2.27. The van der Waals surface area contributed by atoms with Crippen LogP contribution in [0.15, 0.2) is 65.1 Å². The zero-order chi connectivity index (χ0) is 18.0. The number of nitrogens with zero attached hydrogens (tertiary/aromatic N) is 1. The SMILES string of the molecule is CC(=C/c1ccccc1)/C=C1/SC(=S)N(c2cc(Cl)cc(Cl)c2)C1=O. The summed E-state index contributed by atoms with van der Waals surface area (Å²) in [6.07, 6.45) is 3.86. The van der Waals surface area contributed by atoms with Crippen molar-refractivity contribution in [2.24, 2.45) is 0 Å². The van der Waals surface area contributed by atoms with E-state index in [1.54, 1.807) is 18.2 Å². The van der Waals surface area contributed by atoms with Gasteiger partial charge in [-0.05, 0) is 42.3 Å². The van der Waals surface area contributed by atoms with Gasteiger partial charge in [0.1, 0.15) is 0 Å². The van der Waals surface area contributed by atoms with Crippen LogP contribution in [-0.2, 0) is 4.79 Å². The van der Waals surface area contributed by atoms with E-state index in [4.69, 9.17) is 35.4 Å². The molecule has 2 nitrogen and oxygen atoms in total. The lowest BCUT2D eigenvalue weighted by Gasteiger charge is -2.15. The Bertz CT molecular complexity index is 887. The first-order valence-corrected chi connectivity index (χ1v) is 9.39. The number of rotatable bonds is 3. The molecule has 0 N–H and O–H groups in total. The summed E-state index contributed by atoms with van der Waals surface area (Å²) in [6, 6.07) is 14.9. The van der Waals surface area contributed by atoms with Gasteiger partial charge in [0.2, 0.25) is 0 Å². The van der Waals surface area contributed by atoms with Crippen LogP contribution in [-0.4, -0.2) is 10.2 Å². The van der Waals surface area contributed by atoms with E-state index in [0.717, 1.165) is 11.1 Å². The Morgan fingerprint density at radius 2 is 1.76 bits per heavy atom. The van der Waals surface area contributed by atoms with Gasteiger partial charge in [0.25, 0.3) is 5.91 Å². The molecule has 1 aliphatic rings. The molecular formula is C19H13Cl2NOS2. The molecule has 3 rings (SSSR count). The fourth-order valence-electron chi connectivity index (χ4n) is 2.42. The van der Waals surface area contributed by atoms with E-state index in [-0.39, 0.29) is 5.91 Å². The van der Waals surface area contributed by atoms with Gasteiger partial charge in [-0.3, -0.25) is 9.69 Å². The number of amides is 1. The Morgan fingerprint density at radius 1 is 1.12 bits per heavy atom. The van der Waals surface area contributed by atoms with Gasteiger partial charge >= 0.3 is 0 Å². The van der Waals surface area contributed by atoms with Crippen molar-refractivity contribution in [3.63, 3.8) is 0 Å². The van der Waals surface area contributed by atoms with Crippen LogP contribution in [0.4, 0.5) is 5.69 Å². The summed E-state index contributed by atoms with van der Waals surface area (Å²) >= 11 is 18.7. The Balaban J connectivity index is 1.89. The number of thioether (sulfide) groups is 1. The molecule has 2 aromatic rings. The highest BCUT2D eigenvalue weighted by atomic mass is 35.5. The van der Waals surface area contributed by atoms with E-state index in [1.165, 1.54) is 16.7 Å². The minimum atomic E-state index is -0.172. The van der Waals surface area contributed by atoms with Gasteiger partial charge in [-0.25, -0.2) is 0 Å². The normalized spacial score (nSPS) is 16.8. The van der Waals surface area contributed by atoms with Gasteiger partial charge in [-0.2, -0.15) is 0 Å². The van der Waals surface area contributed by atoms with Gasteiger partial charge in [-0.15, -0.1) is 0 Å². The van der Waals surface area contributed by atoms with Gasteiger partial charge in [0.15, 0.2) is 4.32 Å². The molecule has 1 fully saturated rings. The quantitative estimate of drug-likeness (QED) is 0.438. The number of carbonyl (C=O) groups excluding carboxylic acids is 1. The largest absolute Gasteiger partial charge is 0.270 e. The number of halogens is 2. The molecule has 0 aromatic heterocycles. The molecule has 25 heavy (non-hydrogen) atoms. The number of thiocarbonyl (C=S) groups is 1. The standard InChI is InChI=1S/C19H13Cl2NOS2/c1-12(7-13-5-3-2-4-6-13)8-17-18(23)22(19(24)25-17)16-10-14(20)9-15(21)11-16/h2-11H,1H3/b12-7-,17-8+. The predicted molar refractivity (Wildman–Crippen MR) is 112 cm³/mol. The van der Waals surface area contributed by atoms with Crippen LogP contribution in [0.2, 0.25) is 10.0 Å². The van der Waals surface area contributed by atoms with Crippen molar-refractivity contribution in [2.45, 2.75) is 6.92 Å². The van der Waals surface area contributed by atoms with Crippen molar-refractivity contribution in [1.29, 1.82) is 0 Å². The average Bonchev–Trinajstić information content (AvgIpc) is 2.81. The Morgan fingerprint density at radius 3 is 2.40 bits per heavy atom. The first-order valence-electron chi connectivity index (χ1n) is 7.41. The third-order valence-electron chi connectivity index (χ3n) is 3.45. The Hall–Kier alpha value is -1.59. The molecule has 1 heterocycles. The fourth-order valence-corrected chi connectivity index (χ4v) is 4.28. The number of hydrogen-bond acceptors (Lipinski definition) is 3. The monoisotopic (exact) mass is 405 g/mol. The number of allylic oxidation sites excluding steroid dienone is 2. The third-order valence-corrected chi connectivity index (χ3v) is 5.19. The van der Waals surface area contributed by atoms with Gasteiger partial charge in [0.05, 0.1) is 10.6 Å². The zero-order valence-electron chi connectivity index (χ0n) is 13.2. The fraction of sp³-hybridized carbons (Fsp3) is 0.0526. The molecular weight excluding hydrogens is 393 g/mol. The van der Waals surface area contributed by atoms with Crippen LogP contribution in [0.1, 0.15) is 12.5 Å². The lowest BCUT2D eigenvalue weighted by molar-refractivity contribution is -0.113. The molecule has 0 unspecified atom stereocenters. The topological polar surface area (TPSA) is 20.3 Å². The zero-order valence-corrected chi connectivity index (χ0v) is 16.3. The van der Waals surface area contributed by atoms with Crippen LogP contribution < -0.4 is 4.90 Å². The van der Waals surface area contributed by atoms with Gasteiger partial charge in [0, 0.05) is 10.0 Å². The molecule has 1 aliphatic heterocycles. The van der Waals surface area contributed by atoms with Crippen LogP contribution in [0.25, 0.3) is 6.08 Å². The van der Waals surface area contributed by atoms with Crippen LogP contribution in [0, 0.1) is 0 Å². The molecule has 126 valence electrons. The molecule has 0 atom stereocenters. The van der Waals surface area contributed by atoms with Crippen LogP contribution >= 0.6 is 47.2 Å². The van der Waals surface area contributed by atoms with E-state index < -0.39 is 0 Å². The van der Waals surface area contributed by atoms with E-state index >= 15 is 0 Å². The number of hydrogen-bond donors (Lipinski definition) is 0. The van der Waals surface area contributed by atoms with E-state index in [1.807, 2.05) is 49.4 Å². The highest BCUT2D eigenvalue weighted by Crippen LogP contribution is 2.37. The van der Waals surface area contributed by atoms with Gasteiger partial charge in [-0.1, -0.05) is 83.6 Å². The highest BCUT2D eigenvalue weighted by Gasteiger charge is 2.33. The molecule has 0 radical (unpaired) electrons. The van der Waals surface area contributed by atoms with E-state index in [0.29, 0.717) is 25.0 Å². The summed E-state index contributed by atoms with van der Waals surface area (Å²) in [5.74, 6) is -0.172. The predicted octanol–water partition coefficient (Wildman–Crippen LogP) is 6.35. The molecule has 0 bridgehead atoms. The first kappa shape index (κ1) is 18.2. The Kier molecular flexibility index (Phi) is 5.64. The first-order chi connectivity index (χ1) is 11.9. The minimum Gasteiger partial charge on any atom is -0.268 e. The molecule has 0 spiro atoms. The molecule has 1 saturated heterocycles. The molecule has 0 saturated carbocycles. The molecule has 0 aliphatic carbocycles. The summed E-state index contributed by atoms with van der Waals surface area (Å²) in [7, 11) is 0. The number of carbonyl (C=O) groups is 1. The second-order valence-corrected chi connectivity index (χ2v) is 7.99. The molecule has 2 aromatic carbocycles. The van der Waals surface area contributed by atoms with E-state index in [9.17, 15) is 4.79 Å². The molecule has 1 amide bonds. The van der Waals surface area contributed by atoms with Crippen molar-refractivity contribution < 1.29 is 4.79 Å². The summed E-state index contributed by atoms with van der Waals surface area (Å²) in [5, 5.41) is 0.918. The second-order valence-electron chi connectivity index (χ2n) is 5.44. The summed E-state index contributed by atoms with van der Waals surface area (Å²) in [4.78, 5) is 14.8. The minimum absolute atomic E-state index is 0.172. The van der Waals surface area contributed by atoms with Crippen molar-refractivity contribution >= 4 is 69.2 Å².